The van der Waals surface area contributed by atoms with Gasteiger partial charge in [0, 0.05) is 20.6 Å². The Balaban J connectivity index is 1.68. The molecular weight excluding hydrogens is 639 g/mol. The minimum Gasteiger partial charge on any atom is -0.496 e. The molecule has 0 saturated heterocycles. The minimum absolute atomic E-state index is 0.0716. The maximum Gasteiger partial charge on any atom is 0.258 e. The lowest BCUT2D eigenvalue weighted by atomic mass is 10.0. The van der Waals surface area contributed by atoms with Gasteiger partial charge in [-0.05, 0) is 85.4 Å². The number of fused-ring (bicyclic) bond motifs is 2. The van der Waals surface area contributed by atoms with Crippen molar-refractivity contribution in [1.29, 1.82) is 0 Å². The maximum absolute atomic E-state index is 14.4. The average Bonchev–Trinajstić information content (AvgIpc) is 3.10. The normalized spacial score (nSPS) is 15.6. The summed E-state index contributed by atoms with van der Waals surface area (Å²) in [5.74, 6) is -1.23. The second-order valence-corrected chi connectivity index (χ2v) is 11.5. The van der Waals surface area contributed by atoms with Gasteiger partial charge in [-0.3, -0.25) is 14.4 Å². The molecule has 2 atom stereocenters. The van der Waals surface area contributed by atoms with Crippen molar-refractivity contribution >= 4 is 67.4 Å². The molecule has 4 aromatic rings. The molecule has 0 radical (unpaired) electrons. The van der Waals surface area contributed by atoms with E-state index in [1.807, 2.05) is 30.3 Å². The summed E-state index contributed by atoms with van der Waals surface area (Å²) in [5, 5.41) is 7.86. The third-order valence-electron chi connectivity index (χ3n) is 7.51. The van der Waals surface area contributed by atoms with E-state index in [0.29, 0.717) is 22.1 Å². The molecule has 0 bridgehead atoms. The molecule has 0 unspecified atom stereocenters. The van der Waals surface area contributed by atoms with Crippen LogP contribution in [0.25, 0.3) is 10.8 Å². The molecule has 2 N–H and O–H groups in total. The molecule has 3 amide bonds. The van der Waals surface area contributed by atoms with Crippen molar-refractivity contribution in [3.63, 3.8) is 0 Å². The number of methoxy groups -OCH3 is 1. The van der Waals surface area contributed by atoms with Crippen molar-refractivity contribution in [2.24, 2.45) is 0 Å². The van der Waals surface area contributed by atoms with Gasteiger partial charge in [0.2, 0.25) is 5.91 Å². The number of hydrogen-bond donors (Lipinski definition) is 2. The first-order chi connectivity index (χ1) is 20.6. The molecule has 0 saturated carbocycles. The summed E-state index contributed by atoms with van der Waals surface area (Å²) < 4.78 is 20.3. The van der Waals surface area contributed by atoms with Crippen molar-refractivity contribution in [1.82, 2.24) is 10.6 Å². The second-order valence-electron chi connectivity index (χ2n) is 10.2. The molecule has 1 aliphatic rings. The van der Waals surface area contributed by atoms with Gasteiger partial charge in [-0.1, -0.05) is 39.7 Å². The van der Waals surface area contributed by atoms with Gasteiger partial charge in [0.25, 0.3) is 11.8 Å². The van der Waals surface area contributed by atoms with E-state index in [1.54, 1.807) is 39.3 Å². The van der Waals surface area contributed by atoms with E-state index in [-0.39, 0.29) is 18.7 Å². The summed E-state index contributed by atoms with van der Waals surface area (Å²) in [6, 6.07) is 18.0. The number of nitrogens with one attached hydrogen (secondary N) is 2. The molecule has 0 spiro atoms. The Labute approximate surface area is 261 Å². The quantitative estimate of drug-likeness (QED) is 0.265. The SMILES string of the molecule is CN[C@@H](C)C(=O)N[C@H]1CN(C(=O)c2ccc(F)cc2)c2cc(Cl)ccc2N(Cc2c(OC)ccc3cc(Br)ccc23)C1=O. The van der Waals surface area contributed by atoms with Crippen molar-refractivity contribution in [3.8, 4) is 5.75 Å². The highest BCUT2D eigenvalue weighted by molar-refractivity contribution is 9.10. The standard InChI is InChI=1S/C32H29BrClFN4O4/c1-18(36-2)30(40)37-26-17-39(31(41)19-4-9-23(35)10-5-19)28-15-22(34)8-12-27(28)38(32(26)42)16-25-24-11-7-21(33)14-20(24)6-13-29(25)43-3/h4-15,18,26,36H,16-17H2,1-3H3,(H,37,40)/t18-,26-/m0/s1. The number of likely N-dealkylation sites (N-methyl/N-ethyl adjacent to an activating group) is 1. The summed E-state index contributed by atoms with van der Waals surface area (Å²) in [4.78, 5) is 44.3. The highest BCUT2D eigenvalue weighted by Gasteiger charge is 2.38. The van der Waals surface area contributed by atoms with Crippen molar-refractivity contribution in [2.75, 3.05) is 30.5 Å². The molecule has 0 aromatic heterocycles. The van der Waals surface area contributed by atoms with Crippen LogP contribution < -0.4 is 25.2 Å². The van der Waals surface area contributed by atoms with Crippen LogP contribution >= 0.6 is 27.5 Å². The summed E-state index contributed by atoms with van der Waals surface area (Å²) in [7, 11) is 3.20. The molecule has 1 aliphatic heterocycles. The lowest BCUT2D eigenvalue weighted by Gasteiger charge is -2.27. The van der Waals surface area contributed by atoms with Crippen LogP contribution in [-0.2, 0) is 16.1 Å². The van der Waals surface area contributed by atoms with Crippen LogP contribution in [0.4, 0.5) is 15.8 Å². The Morgan fingerprint density at radius 3 is 2.51 bits per heavy atom. The van der Waals surface area contributed by atoms with Gasteiger partial charge in [0.05, 0.1) is 37.6 Å². The van der Waals surface area contributed by atoms with Gasteiger partial charge in [-0.25, -0.2) is 4.39 Å². The van der Waals surface area contributed by atoms with E-state index < -0.39 is 35.6 Å². The van der Waals surface area contributed by atoms with E-state index in [1.165, 1.54) is 34.1 Å². The van der Waals surface area contributed by atoms with Crippen LogP contribution in [0.2, 0.25) is 5.02 Å². The molecule has 0 fully saturated rings. The lowest BCUT2D eigenvalue weighted by Crippen LogP contribution is -2.55. The Kier molecular flexibility index (Phi) is 9.00. The summed E-state index contributed by atoms with van der Waals surface area (Å²) in [6.07, 6.45) is 0. The zero-order valence-electron chi connectivity index (χ0n) is 23.7. The second kappa shape index (κ2) is 12.7. The van der Waals surface area contributed by atoms with Crippen LogP contribution in [0.5, 0.6) is 5.75 Å². The molecule has 8 nitrogen and oxygen atoms in total. The van der Waals surface area contributed by atoms with Gasteiger partial charge < -0.3 is 25.2 Å². The number of carbonyl (C=O) groups excluding carboxylic acids is 3. The van der Waals surface area contributed by atoms with Crippen LogP contribution in [0.3, 0.4) is 0 Å². The Hall–Kier alpha value is -3.99. The summed E-state index contributed by atoms with van der Waals surface area (Å²) in [5.41, 5.74) is 1.74. The predicted octanol–water partition coefficient (Wildman–Crippen LogP) is 5.69. The van der Waals surface area contributed by atoms with E-state index in [4.69, 9.17) is 16.3 Å². The molecule has 0 aliphatic carbocycles. The van der Waals surface area contributed by atoms with Crippen LogP contribution in [0.1, 0.15) is 22.8 Å². The number of halogens is 3. The zero-order chi connectivity index (χ0) is 30.8. The molecule has 11 heteroatoms. The first kappa shape index (κ1) is 30.5. The number of amides is 3. The number of carbonyl (C=O) groups is 3. The van der Waals surface area contributed by atoms with Crippen molar-refractivity contribution < 1.29 is 23.5 Å². The van der Waals surface area contributed by atoms with E-state index in [9.17, 15) is 18.8 Å². The number of hydrogen-bond acceptors (Lipinski definition) is 5. The fourth-order valence-electron chi connectivity index (χ4n) is 5.10. The Morgan fingerprint density at radius 2 is 1.81 bits per heavy atom. The smallest absolute Gasteiger partial charge is 0.258 e. The van der Waals surface area contributed by atoms with E-state index in [0.717, 1.165) is 20.8 Å². The van der Waals surface area contributed by atoms with Crippen LogP contribution in [0, 0.1) is 5.82 Å². The molecule has 5 rings (SSSR count). The van der Waals surface area contributed by atoms with Gasteiger partial charge in [-0.2, -0.15) is 0 Å². The van der Waals surface area contributed by atoms with Crippen molar-refractivity contribution in [2.45, 2.75) is 25.6 Å². The van der Waals surface area contributed by atoms with E-state index >= 15 is 0 Å². The highest BCUT2D eigenvalue weighted by atomic mass is 79.9. The van der Waals surface area contributed by atoms with E-state index in [2.05, 4.69) is 26.6 Å². The minimum atomic E-state index is -1.12. The zero-order valence-corrected chi connectivity index (χ0v) is 26.0. The fraction of sp³-hybridized carbons (Fsp3) is 0.219. The molecule has 43 heavy (non-hydrogen) atoms. The number of ether oxygens (including phenoxy) is 1. The third kappa shape index (κ3) is 6.22. The molecule has 1 heterocycles. The molecule has 4 aromatic carbocycles. The average molecular weight is 668 g/mol. The monoisotopic (exact) mass is 666 g/mol. The Morgan fingerprint density at radius 1 is 1.07 bits per heavy atom. The summed E-state index contributed by atoms with van der Waals surface area (Å²) >= 11 is 9.96. The third-order valence-corrected chi connectivity index (χ3v) is 8.24. The van der Waals surface area contributed by atoms with Gasteiger partial charge in [0.1, 0.15) is 17.6 Å². The van der Waals surface area contributed by atoms with Gasteiger partial charge >= 0.3 is 0 Å². The maximum atomic E-state index is 14.4. The predicted molar refractivity (Wildman–Crippen MR) is 169 cm³/mol. The molecule has 222 valence electrons. The fourth-order valence-corrected chi connectivity index (χ4v) is 5.65. The number of nitrogens with zero attached hydrogens (tertiary/aromatic N) is 2. The van der Waals surface area contributed by atoms with Crippen LogP contribution in [-0.4, -0.2) is 50.5 Å². The largest absolute Gasteiger partial charge is 0.496 e. The first-order valence-electron chi connectivity index (χ1n) is 13.5. The van der Waals surface area contributed by atoms with Crippen molar-refractivity contribution in [3.05, 3.63) is 99.2 Å². The number of rotatable bonds is 7. The highest BCUT2D eigenvalue weighted by Crippen LogP contribution is 2.39. The van der Waals surface area contributed by atoms with Gasteiger partial charge in [-0.15, -0.1) is 0 Å². The summed E-state index contributed by atoms with van der Waals surface area (Å²) in [6.45, 7) is 1.56. The number of anilines is 2. The first-order valence-corrected chi connectivity index (χ1v) is 14.7. The Bertz CT molecular complexity index is 1720. The van der Waals surface area contributed by atoms with Gasteiger partial charge in [0.15, 0.2) is 0 Å². The number of benzene rings is 4. The van der Waals surface area contributed by atoms with Crippen LogP contribution in [0.15, 0.2) is 77.3 Å². The molecular formula is C32H29BrClFN4O4. The topological polar surface area (TPSA) is 91.0 Å². The lowest BCUT2D eigenvalue weighted by molar-refractivity contribution is -0.128.